The molecule has 0 unspecified atom stereocenters. The molecule has 0 spiro atoms. The van der Waals surface area contributed by atoms with Gasteiger partial charge in [-0.3, -0.25) is 4.79 Å². The normalized spacial score (nSPS) is 11.3. The summed E-state index contributed by atoms with van der Waals surface area (Å²) in [5, 5.41) is 12.2. The number of rotatable bonds is 9. The number of hydrogen-bond acceptors (Lipinski definition) is 3. The second-order valence-corrected chi connectivity index (χ2v) is 8.08. The van der Waals surface area contributed by atoms with Crippen molar-refractivity contribution in [3.8, 4) is 5.75 Å². The van der Waals surface area contributed by atoms with Gasteiger partial charge in [0.05, 0.1) is 11.4 Å². The van der Waals surface area contributed by atoms with Crippen molar-refractivity contribution in [2.75, 3.05) is 13.1 Å². The van der Waals surface area contributed by atoms with Gasteiger partial charge in [0, 0.05) is 13.1 Å². The molecule has 2 aromatic carbocycles. The van der Waals surface area contributed by atoms with Crippen molar-refractivity contribution in [3.63, 3.8) is 0 Å². The maximum Gasteiger partial charge on any atom is 0.304 e. The maximum absolute atomic E-state index is 10.4. The third kappa shape index (κ3) is 8.90. The molecule has 0 heterocycles. The number of aliphatic carboxylic acids is 1. The van der Waals surface area contributed by atoms with Crippen molar-refractivity contribution in [2.45, 2.75) is 39.2 Å². The zero-order valence-corrected chi connectivity index (χ0v) is 18.6. The van der Waals surface area contributed by atoms with Crippen molar-refractivity contribution < 1.29 is 14.6 Å². The Labute approximate surface area is 184 Å². The Hall–Kier alpha value is -2.01. The highest BCUT2D eigenvalue weighted by Gasteiger charge is 2.12. The topological polar surface area (TPSA) is 58.6 Å². The predicted octanol–water partition coefficient (Wildman–Crippen LogP) is 5.72. The van der Waals surface area contributed by atoms with E-state index in [4.69, 9.17) is 21.4 Å². The van der Waals surface area contributed by atoms with Crippen LogP contribution in [0.3, 0.4) is 0 Å². The van der Waals surface area contributed by atoms with Gasteiger partial charge in [-0.05, 0) is 40.3 Å². The number of benzene rings is 2. The molecule has 0 saturated carbocycles. The Balaban J connectivity index is 0.00000420. The summed E-state index contributed by atoms with van der Waals surface area (Å²) in [5.41, 5.74) is 3.44. The molecular weight excluding hydrogens is 409 g/mol. The Morgan fingerprint density at radius 3 is 2.45 bits per heavy atom. The molecule has 0 atom stereocenters. The van der Waals surface area contributed by atoms with Gasteiger partial charge in [-0.1, -0.05) is 68.8 Å². The van der Waals surface area contributed by atoms with Crippen LogP contribution < -0.4 is 10.1 Å². The van der Waals surface area contributed by atoms with Crippen molar-refractivity contribution in [1.29, 1.82) is 0 Å². The van der Waals surface area contributed by atoms with E-state index in [0.717, 1.165) is 16.9 Å². The lowest BCUT2D eigenvalue weighted by Crippen LogP contribution is -2.17. The first-order valence-corrected chi connectivity index (χ1v) is 9.74. The zero-order valence-electron chi connectivity index (χ0n) is 17.1. The maximum atomic E-state index is 10.4. The van der Waals surface area contributed by atoms with Crippen molar-refractivity contribution in [1.82, 2.24) is 5.32 Å². The van der Waals surface area contributed by atoms with Crippen LogP contribution in [-0.4, -0.2) is 24.2 Å². The van der Waals surface area contributed by atoms with Gasteiger partial charge in [-0.2, -0.15) is 0 Å². The number of halogens is 2. The van der Waals surface area contributed by atoms with Crippen LogP contribution in [0.2, 0.25) is 5.02 Å². The molecule has 0 aliphatic rings. The Morgan fingerprint density at radius 2 is 1.86 bits per heavy atom. The molecule has 158 valence electrons. The summed E-state index contributed by atoms with van der Waals surface area (Å²) in [7, 11) is 0. The minimum absolute atomic E-state index is 0. The number of hydrogen-bond donors (Lipinski definition) is 2. The van der Waals surface area contributed by atoms with Crippen molar-refractivity contribution in [3.05, 3.63) is 70.3 Å². The van der Waals surface area contributed by atoms with Gasteiger partial charge in [0.2, 0.25) is 0 Å². The first-order chi connectivity index (χ1) is 13.3. The second-order valence-electron chi connectivity index (χ2n) is 7.67. The van der Waals surface area contributed by atoms with E-state index >= 15 is 0 Å². The quantitative estimate of drug-likeness (QED) is 0.492. The van der Waals surface area contributed by atoms with Gasteiger partial charge in [-0.15, -0.1) is 12.4 Å². The van der Waals surface area contributed by atoms with E-state index in [2.05, 4.69) is 50.4 Å². The summed E-state index contributed by atoms with van der Waals surface area (Å²) >= 11 is 6.33. The second kappa shape index (κ2) is 11.9. The first kappa shape index (κ1) is 25.0. The van der Waals surface area contributed by atoms with E-state index in [1.165, 1.54) is 5.56 Å². The predicted molar refractivity (Wildman–Crippen MR) is 122 cm³/mol. The van der Waals surface area contributed by atoms with E-state index in [9.17, 15) is 4.79 Å². The first-order valence-electron chi connectivity index (χ1n) is 9.36. The summed E-state index contributed by atoms with van der Waals surface area (Å²) in [5.74, 6) is -0.0816. The number of ether oxygens (including phenoxy) is 1. The van der Waals surface area contributed by atoms with E-state index in [1.54, 1.807) is 0 Å². The van der Waals surface area contributed by atoms with E-state index in [1.807, 2.05) is 30.4 Å². The van der Waals surface area contributed by atoms with Crippen LogP contribution in [0.5, 0.6) is 5.75 Å². The van der Waals surface area contributed by atoms with E-state index in [-0.39, 0.29) is 24.2 Å². The molecule has 0 aromatic heterocycles. The number of carboxylic acids is 1. The van der Waals surface area contributed by atoms with Crippen LogP contribution in [-0.2, 0) is 16.8 Å². The average molecular weight is 438 g/mol. The Bertz CT molecular complexity index is 812. The fourth-order valence-corrected chi connectivity index (χ4v) is 2.80. The van der Waals surface area contributed by atoms with Gasteiger partial charge in [0.25, 0.3) is 0 Å². The molecule has 29 heavy (non-hydrogen) atoms. The molecule has 2 N–H and O–H groups in total. The summed E-state index contributed by atoms with van der Waals surface area (Å²) < 4.78 is 5.86. The highest BCUT2D eigenvalue weighted by Crippen LogP contribution is 2.25. The molecule has 0 amide bonds. The van der Waals surface area contributed by atoms with Crippen molar-refractivity contribution in [2.24, 2.45) is 0 Å². The van der Waals surface area contributed by atoms with Crippen molar-refractivity contribution >= 4 is 36.1 Å². The van der Waals surface area contributed by atoms with Gasteiger partial charge in [0.1, 0.15) is 12.4 Å². The number of nitrogens with one attached hydrogen (secondary N) is 1. The van der Waals surface area contributed by atoms with Crippen LogP contribution in [0, 0.1) is 0 Å². The highest BCUT2D eigenvalue weighted by molar-refractivity contribution is 6.32. The fraction of sp³-hybridized carbons (Fsp3) is 0.348. The van der Waals surface area contributed by atoms with Crippen LogP contribution in [0.1, 0.15) is 43.9 Å². The molecule has 0 saturated heterocycles. The lowest BCUT2D eigenvalue weighted by molar-refractivity contribution is -0.136. The number of carboxylic acid groups (broad SMARTS) is 1. The minimum Gasteiger partial charge on any atom is -0.489 e. The van der Waals surface area contributed by atoms with Crippen LogP contribution in [0.4, 0.5) is 0 Å². The smallest absolute Gasteiger partial charge is 0.304 e. The molecule has 0 aliphatic heterocycles. The van der Waals surface area contributed by atoms with E-state index in [0.29, 0.717) is 24.7 Å². The summed E-state index contributed by atoms with van der Waals surface area (Å²) in [6, 6.07) is 14.1. The molecule has 0 radical (unpaired) electrons. The van der Waals surface area contributed by atoms with Crippen LogP contribution in [0.25, 0.3) is 6.08 Å². The van der Waals surface area contributed by atoms with Gasteiger partial charge < -0.3 is 15.2 Å². The standard InChI is InChI=1S/C23H28ClNO3.ClH/c1-23(2,3)19-9-6-17(7-10-19)16-28-20-11-8-18(21(24)15-20)5-4-13-25-14-12-22(26)27;/h4-11,15,25H,12-14,16H2,1-3H3,(H,26,27);1H/b5-4+;. The molecule has 0 bridgehead atoms. The third-order valence-electron chi connectivity index (χ3n) is 4.27. The minimum atomic E-state index is -0.805. The molecule has 0 aliphatic carbocycles. The molecule has 2 rings (SSSR count). The third-order valence-corrected chi connectivity index (χ3v) is 4.60. The van der Waals surface area contributed by atoms with Crippen LogP contribution in [0.15, 0.2) is 48.5 Å². The van der Waals surface area contributed by atoms with Gasteiger partial charge in [0.15, 0.2) is 0 Å². The molecule has 6 heteroatoms. The SMILES string of the molecule is CC(C)(C)c1ccc(COc2ccc(/C=C/CNCCC(=O)O)c(Cl)c2)cc1.Cl. The molecule has 0 fully saturated rings. The Kier molecular flexibility index (Phi) is 10.2. The van der Waals surface area contributed by atoms with E-state index < -0.39 is 5.97 Å². The summed E-state index contributed by atoms with van der Waals surface area (Å²) in [4.78, 5) is 10.4. The average Bonchev–Trinajstić information content (AvgIpc) is 2.63. The van der Waals surface area contributed by atoms with Crippen LogP contribution >= 0.6 is 24.0 Å². The molecule has 2 aromatic rings. The lowest BCUT2D eigenvalue weighted by atomic mass is 9.87. The van der Waals surface area contributed by atoms with Gasteiger partial charge in [-0.25, -0.2) is 0 Å². The highest BCUT2D eigenvalue weighted by atomic mass is 35.5. The monoisotopic (exact) mass is 437 g/mol. The number of carbonyl (C=O) groups is 1. The molecular formula is C23H29Cl2NO3. The zero-order chi connectivity index (χ0) is 20.6. The molecule has 4 nitrogen and oxygen atoms in total. The largest absolute Gasteiger partial charge is 0.489 e. The van der Waals surface area contributed by atoms with Gasteiger partial charge >= 0.3 is 5.97 Å². The Morgan fingerprint density at radius 1 is 1.17 bits per heavy atom. The summed E-state index contributed by atoms with van der Waals surface area (Å²) in [6.45, 7) is 8.11. The lowest BCUT2D eigenvalue weighted by Gasteiger charge is -2.19. The summed E-state index contributed by atoms with van der Waals surface area (Å²) in [6.07, 6.45) is 3.94. The fourth-order valence-electron chi connectivity index (χ4n) is 2.57.